The standard InChI is InChI=1S/C12H11N3S/c1-2-14-12-15-8-11(16-12)10-5-3-9(7-13)4-6-10/h3-6,8H,2H2,1H3,(H,14,15). The second-order valence-corrected chi connectivity index (χ2v) is 4.28. The summed E-state index contributed by atoms with van der Waals surface area (Å²) in [4.78, 5) is 5.38. The largest absolute Gasteiger partial charge is 0.362 e. The summed E-state index contributed by atoms with van der Waals surface area (Å²) >= 11 is 1.62. The zero-order valence-electron chi connectivity index (χ0n) is 8.90. The molecule has 3 nitrogen and oxygen atoms in total. The number of anilines is 1. The van der Waals surface area contributed by atoms with Crippen LogP contribution in [0.5, 0.6) is 0 Å². The van der Waals surface area contributed by atoms with Crippen molar-refractivity contribution in [1.29, 1.82) is 5.26 Å². The van der Waals surface area contributed by atoms with Crippen molar-refractivity contribution in [2.75, 3.05) is 11.9 Å². The number of hydrogen-bond donors (Lipinski definition) is 1. The van der Waals surface area contributed by atoms with E-state index in [0.717, 1.165) is 22.1 Å². The molecule has 1 heterocycles. The van der Waals surface area contributed by atoms with Crippen molar-refractivity contribution < 1.29 is 0 Å². The maximum atomic E-state index is 8.70. The third-order valence-corrected chi connectivity index (χ3v) is 3.14. The molecule has 0 aliphatic heterocycles. The number of benzene rings is 1. The third kappa shape index (κ3) is 2.20. The van der Waals surface area contributed by atoms with E-state index in [4.69, 9.17) is 5.26 Å². The highest BCUT2D eigenvalue weighted by Crippen LogP contribution is 2.28. The lowest BCUT2D eigenvalue weighted by atomic mass is 10.1. The van der Waals surface area contributed by atoms with Crippen LogP contribution < -0.4 is 5.32 Å². The lowest BCUT2D eigenvalue weighted by molar-refractivity contribution is 1.19. The fraction of sp³-hybridized carbons (Fsp3) is 0.167. The molecule has 1 N–H and O–H groups in total. The fourth-order valence-electron chi connectivity index (χ4n) is 1.35. The predicted octanol–water partition coefficient (Wildman–Crippen LogP) is 3.11. The summed E-state index contributed by atoms with van der Waals surface area (Å²) in [6.07, 6.45) is 1.85. The molecule has 0 unspecified atom stereocenters. The first-order valence-corrected chi connectivity index (χ1v) is 5.85. The Bertz CT molecular complexity index is 508. The summed E-state index contributed by atoms with van der Waals surface area (Å²) in [5.74, 6) is 0. The molecule has 0 fully saturated rings. The quantitative estimate of drug-likeness (QED) is 0.879. The van der Waals surface area contributed by atoms with Gasteiger partial charge >= 0.3 is 0 Å². The molecule has 0 saturated heterocycles. The van der Waals surface area contributed by atoms with E-state index < -0.39 is 0 Å². The van der Waals surface area contributed by atoms with Crippen molar-refractivity contribution in [3.8, 4) is 16.5 Å². The summed E-state index contributed by atoms with van der Waals surface area (Å²) in [6.45, 7) is 2.92. The fourth-order valence-corrected chi connectivity index (χ4v) is 2.24. The molecule has 0 spiro atoms. The molecule has 0 amide bonds. The highest BCUT2D eigenvalue weighted by molar-refractivity contribution is 7.18. The van der Waals surface area contributed by atoms with Crippen LogP contribution in [0.2, 0.25) is 0 Å². The summed E-state index contributed by atoms with van der Waals surface area (Å²) in [6, 6.07) is 9.64. The highest BCUT2D eigenvalue weighted by Gasteiger charge is 2.03. The predicted molar refractivity (Wildman–Crippen MR) is 66.4 cm³/mol. The summed E-state index contributed by atoms with van der Waals surface area (Å²) in [7, 11) is 0. The van der Waals surface area contributed by atoms with Gasteiger partial charge in [-0.15, -0.1) is 0 Å². The van der Waals surface area contributed by atoms with E-state index in [2.05, 4.69) is 16.4 Å². The Morgan fingerprint density at radius 3 is 2.75 bits per heavy atom. The molecule has 0 bridgehead atoms. The molecule has 0 aliphatic carbocycles. The van der Waals surface area contributed by atoms with Gasteiger partial charge in [-0.25, -0.2) is 4.98 Å². The van der Waals surface area contributed by atoms with E-state index >= 15 is 0 Å². The van der Waals surface area contributed by atoms with Crippen LogP contribution in [-0.4, -0.2) is 11.5 Å². The Morgan fingerprint density at radius 2 is 2.12 bits per heavy atom. The van der Waals surface area contributed by atoms with Crippen molar-refractivity contribution in [2.45, 2.75) is 6.92 Å². The number of hydrogen-bond acceptors (Lipinski definition) is 4. The minimum atomic E-state index is 0.681. The van der Waals surface area contributed by atoms with Gasteiger partial charge in [0.05, 0.1) is 16.5 Å². The summed E-state index contributed by atoms with van der Waals surface area (Å²) in [5.41, 5.74) is 1.78. The van der Waals surface area contributed by atoms with E-state index in [1.807, 2.05) is 37.4 Å². The number of rotatable bonds is 3. The molecule has 0 radical (unpaired) electrons. The lowest BCUT2D eigenvalue weighted by Gasteiger charge is -1.96. The van der Waals surface area contributed by atoms with E-state index in [0.29, 0.717) is 5.56 Å². The number of nitriles is 1. The number of nitrogens with zero attached hydrogens (tertiary/aromatic N) is 2. The van der Waals surface area contributed by atoms with Gasteiger partial charge in [-0.05, 0) is 24.6 Å². The van der Waals surface area contributed by atoms with Crippen LogP contribution in [0.15, 0.2) is 30.5 Å². The Hall–Kier alpha value is -1.86. The second-order valence-electron chi connectivity index (χ2n) is 3.25. The maximum absolute atomic E-state index is 8.70. The molecule has 4 heteroatoms. The SMILES string of the molecule is CCNc1ncc(-c2ccc(C#N)cc2)s1. The zero-order valence-corrected chi connectivity index (χ0v) is 9.71. The van der Waals surface area contributed by atoms with Crippen molar-refractivity contribution in [3.05, 3.63) is 36.0 Å². The van der Waals surface area contributed by atoms with Gasteiger partial charge in [0.15, 0.2) is 5.13 Å². The summed E-state index contributed by atoms with van der Waals surface area (Å²) in [5, 5.41) is 12.8. The van der Waals surface area contributed by atoms with Gasteiger partial charge in [-0.2, -0.15) is 5.26 Å². The number of nitrogens with one attached hydrogen (secondary N) is 1. The van der Waals surface area contributed by atoms with E-state index in [-0.39, 0.29) is 0 Å². The molecular weight excluding hydrogens is 218 g/mol. The minimum absolute atomic E-state index is 0.681. The molecule has 1 aromatic heterocycles. The van der Waals surface area contributed by atoms with Crippen LogP contribution in [0, 0.1) is 11.3 Å². The molecule has 16 heavy (non-hydrogen) atoms. The van der Waals surface area contributed by atoms with E-state index in [1.54, 1.807) is 11.3 Å². The molecule has 2 rings (SSSR count). The second kappa shape index (κ2) is 4.77. The molecular formula is C12H11N3S. The third-order valence-electron chi connectivity index (χ3n) is 2.13. The Kier molecular flexibility index (Phi) is 3.18. The smallest absolute Gasteiger partial charge is 0.183 e. The van der Waals surface area contributed by atoms with Crippen molar-refractivity contribution >= 4 is 16.5 Å². The molecule has 2 aromatic rings. The molecule has 0 saturated carbocycles. The van der Waals surface area contributed by atoms with Gasteiger partial charge in [-0.3, -0.25) is 0 Å². The van der Waals surface area contributed by atoms with Gasteiger partial charge in [0, 0.05) is 12.7 Å². The van der Waals surface area contributed by atoms with Crippen LogP contribution in [0.25, 0.3) is 10.4 Å². The van der Waals surface area contributed by atoms with Gasteiger partial charge in [0.1, 0.15) is 0 Å². The number of aromatic nitrogens is 1. The van der Waals surface area contributed by atoms with Crippen LogP contribution in [-0.2, 0) is 0 Å². The van der Waals surface area contributed by atoms with Crippen LogP contribution in [0.3, 0.4) is 0 Å². The molecule has 0 atom stereocenters. The van der Waals surface area contributed by atoms with Gasteiger partial charge < -0.3 is 5.32 Å². The Labute approximate surface area is 98.4 Å². The maximum Gasteiger partial charge on any atom is 0.183 e. The zero-order chi connectivity index (χ0) is 11.4. The Balaban J connectivity index is 2.25. The monoisotopic (exact) mass is 229 g/mol. The van der Waals surface area contributed by atoms with E-state index in [9.17, 15) is 0 Å². The highest BCUT2D eigenvalue weighted by atomic mass is 32.1. The van der Waals surface area contributed by atoms with Crippen LogP contribution >= 0.6 is 11.3 Å². The van der Waals surface area contributed by atoms with Crippen LogP contribution in [0.4, 0.5) is 5.13 Å². The molecule has 1 aromatic carbocycles. The Morgan fingerprint density at radius 1 is 1.38 bits per heavy atom. The normalized spacial score (nSPS) is 9.75. The van der Waals surface area contributed by atoms with Gasteiger partial charge in [0.25, 0.3) is 0 Å². The molecule has 80 valence electrons. The van der Waals surface area contributed by atoms with Gasteiger partial charge in [0.2, 0.25) is 0 Å². The average molecular weight is 229 g/mol. The number of thiazole rings is 1. The first-order chi connectivity index (χ1) is 7.83. The lowest BCUT2D eigenvalue weighted by Crippen LogP contribution is -1.94. The summed E-state index contributed by atoms with van der Waals surface area (Å²) < 4.78 is 0. The molecule has 0 aliphatic rings. The van der Waals surface area contributed by atoms with Crippen molar-refractivity contribution in [1.82, 2.24) is 4.98 Å². The topological polar surface area (TPSA) is 48.7 Å². The van der Waals surface area contributed by atoms with Crippen molar-refractivity contribution in [3.63, 3.8) is 0 Å². The average Bonchev–Trinajstić information content (AvgIpc) is 2.78. The van der Waals surface area contributed by atoms with Crippen molar-refractivity contribution in [2.24, 2.45) is 0 Å². The first kappa shape index (κ1) is 10.7. The van der Waals surface area contributed by atoms with Crippen LogP contribution in [0.1, 0.15) is 12.5 Å². The first-order valence-electron chi connectivity index (χ1n) is 5.03. The van der Waals surface area contributed by atoms with Gasteiger partial charge in [-0.1, -0.05) is 23.5 Å². The minimum Gasteiger partial charge on any atom is -0.362 e. The van der Waals surface area contributed by atoms with E-state index in [1.165, 1.54) is 0 Å².